The van der Waals surface area contributed by atoms with Gasteiger partial charge in [-0.2, -0.15) is 0 Å². The Balaban J connectivity index is 1.51. The van der Waals surface area contributed by atoms with E-state index in [9.17, 15) is 5.11 Å². The first-order valence-corrected chi connectivity index (χ1v) is 7.37. The van der Waals surface area contributed by atoms with E-state index < -0.39 is 6.10 Å². The molecule has 112 valence electrons. The number of hydrogen-bond acceptors (Lipinski definition) is 4. The summed E-state index contributed by atoms with van der Waals surface area (Å²) in [4.78, 5) is 2.26. The van der Waals surface area contributed by atoms with Gasteiger partial charge in [-0.05, 0) is 37.1 Å². The molecule has 1 aliphatic rings. The highest BCUT2D eigenvalue weighted by Crippen LogP contribution is 2.31. The van der Waals surface area contributed by atoms with E-state index >= 15 is 0 Å². The summed E-state index contributed by atoms with van der Waals surface area (Å²) in [6.07, 6.45) is 2.15. The second-order valence-corrected chi connectivity index (χ2v) is 5.58. The topological polar surface area (TPSA) is 45.8 Å². The Bertz CT molecular complexity index is 567. The largest absolute Gasteiger partial charge is 0.467 e. The molecule has 1 N–H and O–H groups in total. The van der Waals surface area contributed by atoms with Crippen LogP contribution in [0, 0.1) is 0 Å². The number of furan rings is 1. The summed E-state index contributed by atoms with van der Waals surface area (Å²) < 4.78 is 10.7. The summed E-state index contributed by atoms with van der Waals surface area (Å²) in [5.41, 5.74) is 2.59. The van der Waals surface area contributed by atoms with Crippen molar-refractivity contribution in [2.75, 3.05) is 18.1 Å². The Hall–Kier alpha value is -1.78. The Kier molecular flexibility index (Phi) is 4.27. The van der Waals surface area contributed by atoms with Crippen LogP contribution in [0.1, 0.15) is 18.2 Å². The van der Waals surface area contributed by atoms with Gasteiger partial charge in [0.15, 0.2) is 0 Å². The second kappa shape index (κ2) is 6.33. The van der Waals surface area contributed by atoms with Crippen molar-refractivity contribution in [1.82, 2.24) is 0 Å². The van der Waals surface area contributed by atoms with Crippen LogP contribution in [0.4, 0.5) is 5.69 Å². The average Bonchev–Trinajstić information content (AvgIpc) is 3.08. The van der Waals surface area contributed by atoms with Gasteiger partial charge in [0.05, 0.1) is 19.0 Å². The highest BCUT2D eigenvalue weighted by Gasteiger charge is 2.26. The number of para-hydroxylation sites is 1. The minimum Gasteiger partial charge on any atom is -0.467 e. The predicted octanol–water partition coefficient (Wildman–Crippen LogP) is 2.61. The minimum atomic E-state index is -0.506. The lowest BCUT2D eigenvalue weighted by Gasteiger charge is -2.27. The van der Waals surface area contributed by atoms with E-state index in [1.807, 2.05) is 18.2 Å². The van der Waals surface area contributed by atoms with Gasteiger partial charge in [-0.1, -0.05) is 18.2 Å². The van der Waals surface area contributed by atoms with E-state index in [2.05, 4.69) is 30.0 Å². The van der Waals surface area contributed by atoms with Gasteiger partial charge in [0.25, 0.3) is 0 Å². The van der Waals surface area contributed by atoms with Crippen LogP contribution in [0.5, 0.6) is 0 Å². The Morgan fingerprint density at radius 3 is 3.00 bits per heavy atom. The number of rotatable bonds is 6. The SMILES string of the molecule is C[C@H]1Cc2ccccc2N1C[C@H](O)COCc1ccco1. The molecule has 0 spiro atoms. The summed E-state index contributed by atoms with van der Waals surface area (Å²) >= 11 is 0. The van der Waals surface area contributed by atoms with E-state index in [1.165, 1.54) is 11.3 Å². The molecule has 1 aromatic carbocycles. The number of fused-ring (bicyclic) bond motifs is 1. The molecule has 0 bridgehead atoms. The van der Waals surface area contributed by atoms with Crippen molar-refractivity contribution in [2.24, 2.45) is 0 Å². The molecule has 3 rings (SSSR count). The number of anilines is 1. The number of nitrogens with zero attached hydrogens (tertiary/aromatic N) is 1. The third-order valence-corrected chi connectivity index (χ3v) is 3.89. The summed E-state index contributed by atoms with van der Waals surface area (Å²) in [5.74, 6) is 0.780. The molecule has 0 radical (unpaired) electrons. The summed E-state index contributed by atoms with van der Waals surface area (Å²) in [5, 5.41) is 10.2. The molecule has 0 amide bonds. The second-order valence-electron chi connectivity index (χ2n) is 5.58. The van der Waals surface area contributed by atoms with E-state index in [1.54, 1.807) is 6.26 Å². The van der Waals surface area contributed by atoms with Gasteiger partial charge in [-0.25, -0.2) is 0 Å². The van der Waals surface area contributed by atoms with Crippen LogP contribution in [-0.2, 0) is 17.8 Å². The van der Waals surface area contributed by atoms with Crippen LogP contribution in [-0.4, -0.2) is 30.4 Å². The lowest BCUT2D eigenvalue weighted by atomic mass is 10.1. The summed E-state index contributed by atoms with van der Waals surface area (Å²) in [6.45, 7) is 3.50. The van der Waals surface area contributed by atoms with E-state index in [-0.39, 0.29) is 0 Å². The molecule has 0 aliphatic carbocycles. The molecule has 0 saturated heterocycles. The van der Waals surface area contributed by atoms with Crippen molar-refractivity contribution in [1.29, 1.82) is 0 Å². The predicted molar refractivity (Wildman–Crippen MR) is 81.3 cm³/mol. The Labute approximate surface area is 124 Å². The average molecular weight is 287 g/mol. The van der Waals surface area contributed by atoms with Crippen molar-refractivity contribution >= 4 is 5.69 Å². The first-order chi connectivity index (χ1) is 10.2. The van der Waals surface area contributed by atoms with Crippen molar-refractivity contribution in [3.8, 4) is 0 Å². The highest BCUT2D eigenvalue weighted by atomic mass is 16.5. The van der Waals surface area contributed by atoms with Gasteiger partial charge in [0.2, 0.25) is 0 Å². The fourth-order valence-corrected chi connectivity index (χ4v) is 2.88. The van der Waals surface area contributed by atoms with Crippen LogP contribution < -0.4 is 4.90 Å². The van der Waals surface area contributed by atoms with E-state index in [4.69, 9.17) is 9.15 Å². The van der Waals surface area contributed by atoms with Crippen molar-refractivity contribution in [3.05, 3.63) is 54.0 Å². The zero-order chi connectivity index (χ0) is 14.7. The minimum absolute atomic E-state index is 0.312. The molecule has 1 aromatic heterocycles. The standard InChI is InChI=1S/C17H21NO3/c1-13-9-14-5-2-3-7-17(14)18(13)10-15(19)11-20-12-16-6-4-8-21-16/h2-8,13,15,19H,9-12H2,1H3/t13-,15-/m0/s1. The molecule has 21 heavy (non-hydrogen) atoms. The number of aliphatic hydroxyl groups is 1. The maximum Gasteiger partial charge on any atom is 0.129 e. The highest BCUT2D eigenvalue weighted by molar-refractivity contribution is 5.59. The number of ether oxygens (including phenoxy) is 1. The number of aliphatic hydroxyl groups excluding tert-OH is 1. The molecular weight excluding hydrogens is 266 g/mol. The molecule has 2 atom stereocenters. The maximum absolute atomic E-state index is 10.2. The van der Waals surface area contributed by atoms with Crippen LogP contribution in [0.3, 0.4) is 0 Å². The monoisotopic (exact) mass is 287 g/mol. The third kappa shape index (κ3) is 3.28. The molecule has 2 aromatic rings. The summed E-state index contributed by atoms with van der Waals surface area (Å²) in [6, 6.07) is 12.5. The van der Waals surface area contributed by atoms with Gasteiger partial charge in [-0.3, -0.25) is 0 Å². The molecule has 4 nitrogen and oxygen atoms in total. The fourth-order valence-electron chi connectivity index (χ4n) is 2.88. The van der Waals surface area contributed by atoms with Crippen molar-refractivity contribution in [2.45, 2.75) is 32.1 Å². The van der Waals surface area contributed by atoms with E-state index in [0.717, 1.165) is 12.2 Å². The van der Waals surface area contributed by atoms with Gasteiger partial charge < -0.3 is 19.2 Å². The molecule has 2 heterocycles. The van der Waals surface area contributed by atoms with Gasteiger partial charge >= 0.3 is 0 Å². The number of benzene rings is 1. The normalized spacial score (nSPS) is 18.8. The van der Waals surface area contributed by atoms with Gasteiger partial charge in [-0.15, -0.1) is 0 Å². The third-order valence-electron chi connectivity index (χ3n) is 3.89. The fraction of sp³-hybridized carbons (Fsp3) is 0.412. The van der Waals surface area contributed by atoms with E-state index in [0.29, 0.717) is 25.8 Å². The first-order valence-electron chi connectivity index (χ1n) is 7.37. The molecule has 0 saturated carbocycles. The Morgan fingerprint density at radius 1 is 1.33 bits per heavy atom. The number of hydrogen-bond donors (Lipinski definition) is 1. The molecular formula is C17H21NO3. The summed E-state index contributed by atoms with van der Waals surface area (Å²) in [7, 11) is 0. The van der Waals surface area contributed by atoms with Gasteiger partial charge in [0, 0.05) is 18.3 Å². The lowest BCUT2D eigenvalue weighted by Crippen LogP contribution is -2.38. The molecule has 4 heteroatoms. The Morgan fingerprint density at radius 2 is 2.19 bits per heavy atom. The quantitative estimate of drug-likeness (QED) is 0.887. The molecule has 1 aliphatic heterocycles. The van der Waals surface area contributed by atoms with Crippen LogP contribution in [0.25, 0.3) is 0 Å². The van der Waals surface area contributed by atoms with Crippen LogP contribution in [0.15, 0.2) is 47.1 Å². The molecule has 0 fully saturated rings. The van der Waals surface area contributed by atoms with Crippen molar-refractivity contribution in [3.63, 3.8) is 0 Å². The number of β-amino-alcohol motifs (C(OH)–C–C–N with tert-alkyl or cyclic N) is 1. The maximum atomic E-state index is 10.2. The zero-order valence-corrected chi connectivity index (χ0v) is 12.2. The molecule has 0 unspecified atom stereocenters. The first kappa shape index (κ1) is 14.2. The van der Waals surface area contributed by atoms with Crippen LogP contribution in [0.2, 0.25) is 0 Å². The lowest BCUT2D eigenvalue weighted by molar-refractivity contribution is 0.0251. The zero-order valence-electron chi connectivity index (χ0n) is 12.2. The smallest absolute Gasteiger partial charge is 0.129 e. The van der Waals surface area contributed by atoms with Gasteiger partial charge in [0.1, 0.15) is 12.4 Å². The van der Waals surface area contributed by atoms with Crippen molar-refractivity contribution < 1.29 is 14.3 Å². The van der Waals surface area contributed by atoms with Crippen LogP contribution >= 0.6 is 0 Å².